The molecule has 5 nitrogen and oxygen atoms in total. The van der Waals surface area contributed by atoms with Gasteiger partial charge in [-0.2, -0.15) is 5.10 Å². The molecule has 0 aliphatic carbocycles. The van der Waals surface area contributed by atoms with E-state index in [1.54, 1.807) is 12.1 Å². The summed E-state index contributed by atoms with van der Waals surface area (Å²) in [6, 6.07) is 7.31. The van der Waals surface area contributed by atoms with Crippen LogP contribution in [0.2, 0.25) is 5.02 Å². The number of halogens is 1. The van der Waals surface area contributed by atoms with E-state index in [0.29, 0.717) is 17.2 Å². The van der Waals surface area contributed by atoms with Crippen molar-refractivity contribution in [3.63, 3.8) is 0 Å². The Morgan fingerprint density at radius 3 is 2.72 bits per heavy atom. The van der Waals surface area contributed by atoms with Crippen molar-refractivity contribution >= 4 is 23.2 Å². The molecular formula is C19H20ClN3O2. The van der Waals surface area contributed by atoms with Crippen LogP contribution < -0.4 is 4.74 Å². The van der Waals surface area contributed by atoms with Gasteiger partial charge >= 0.3 is 5.97 Å². The molecule has 1 aromatic carbocycles. The van der Waals surface area contributed by atoms with Crippen LogP contribution in [-0.2, 0) is 11.2 Å². The van der Waals surface area contributed by atoms with Crippen LogP contribution in [0.3, 0.4) is 0 Å². The van der Waals surface area contributed by atoms with Crippen molar-refractivity contribution in [2.24, 2.45) is 0 Å². The first kappa shape index (κ1) is 17.4. The molecule has 2 aromatic heterocycles. The van der Waals surface area contributed by atoms with Crippen LogP contribution in [0.1, 0.15) is 34.6 Å². The van der Waals surface area contributed by atoms with Gasteiger partial charge in [-0.1, -0.05) is 17.7 Å². The first-order chi connectivity index (χ1) is 11.8. The van der Waals surface area contributed by atoms with E-state index in [-0.39, 0.29) is 12.4 Å². The Bertz CT molecular complexity index is 963. The Hall–Kier alpha value is -2.40. The molecular weight excluding hydrogens is 338 g/mol. The molecule has 130 valence electrons. The molecule has 25 heavy (non-hydrogen) atoms. The van der Waals surface area contributed by atoms with E-state index < -0.39 is 0 Å². The second kappa shape index (κ2) is 6.84. The average molecular weight is 358 g/mol. The van der Waals surface area contributed by atoms with Crippen molar-refractivity contribution in [3.8, 4) is 5.75 Å². The zero-order valence-corrected chi connectivity index (χ0v) is 15.5. The third-order valence-electron chi connectivity index (χ3n) is 4.18. The minimum absolute atomic E-state index is 0.249. The molecule has 0 aliphatic heterocycles. The summed E-state index contributed by atoms with van der Waals surface area (Å²) in [6.07, 6.45) is 0.793. The Labute approximate surface area is 151 Å². The minimum atomic E-state index is -0.317. The van der Waals surface area contributed by atoms with Gasteiger partial charge in [0, 0.05) is 17.5 Å². The van der Waals surface area contributed by atoms with E-state index in [1.807, 2.05) is 44.3 Å². The topological polar surface area (TPSA) is 56.5 Å². The Morgan fingerprint density at radius 2 is 1.96 bits per heavy atom. The zero-order valence-electron chi connectivity index (χ0n) is 14.8. The lowest BCUT2D eigenvalue weighted by atomic mass is 10.1. The predicted octanol–water partition coefficient (Wildman–Crippen LogP) is 4.15. The number of rotatable bonds is 4. The smallest absolute Gasteiger partial charge is 0.311 e. The van der Waals surface area contributed by atoms with Crippen molar-refractivity contribution in [1.29, 1.82) is 0 Å². The second-order valence-electron chi connectivity index (χ2n) is 6.22. The largest absolute Gasteiger partial charge is 0.425 e. The van der Waals surface area contributed by atoms with Gasteiger partial charge in [0.2, 0.25) is 0 Å². The number of carbonyl (C=O) groups excluding carboxylic acids is 1. The molecule has 0 aliphatic rings. The van der Waals surface area contributed by atoms with Gasteiger partial charge in [0.15, 0.2) is 5.65 Å². The fourth-order valence-corrected chi connectivity index (χ4v) is 3.05. The summed E-state index contributed by atoms with van der Waals surface area (Å²) in [7, 11) is 0. The lowest BCUT2D eigenvalue weighted by Gasteiger charge is -2.11. The van der Waals surface area contributed by atoms with Gasteiger partial charge in [-0.3, -0.25) is 4.79 Å². The first-order valence-corrected chi connectivity index (χ1v) is 8.52. The standard InChI is InChI=1S/C19H20ClN3O2/c1-11-5-7-16(20)17(9-11)25-19(24)8-6-15-13(3)21-18-10-12(2)22-23(18)14(15)4/h5,7,9-10H,6,8H2,1-4H3. The number of benzene rings is 1. The fraction of sp³-hybridized carbons (Fsp3) is 0.316. The molecule has 0 unspecified atom stereocenters. The van der Waals surface area contributed by atoms with E-state index in [4.69, 9.17) is 16.3 Å². The summed E-state index contributed by atoms with van der Waals surface area (Å²) in [6.45, 7) is 7.80. The maximum absolute atomic E-state index is 12.2. The van der Waals surface area contributed by atoms with Crippen LogP contribution in [0.4, 0.5) is 0 Å². The van der Waals surface area contributed by atoms with Crippen molar-refractivity contribution in [2.75, 3.05) is 0 Å². The average Bonchev–Trinajstić information content (AvgIpc) is 2.91. The number of hydrogen-bond acceptors (Lipinski definition) is 4. The van der Waals surface area contributed by atoms with Crippen LogP contribution in [-0.4, -0.2) is 20.6 Å². The lowest BCUT2D eigenvalue weighted by Crippen LogP contribution is -2.12. The third kappa shape index (κ3) is 3.66. The predicted molar refractivity (Wildman–Crippen MR) is 97.3 cm³/mol. The Morgan fingerprint density at radius 1 is 1.20 bits per heavy atom. The highest BCUT2D eigenvalue weighted by atomic mass is 35.5. The van der Waals surface area contributed by atoms with Gasteiger partial charge in [-0.05, 0) is 57.4 Å². The SMILES string of the molecule is Cc1ccc(Cl)c(OC(=O)CCc2c(C)nc3cc(C)nn3c2C)c1. The van der Waals surface area contributed by atoms with Crippen molar-refractivity contribution < 1.29 is 9.53 Å². The minimum Gasteiger partial charge on any atom is -0.425 e. The molecule has 0 saturated heterocycles. The summed E-state index contributed by atoms with van der Waals surface area (Å²) < 4.78 is 7.23. The lowest BCUT2D eigenvalue weighted by molar-refractivity contribution is -0.134. The Balaban J connectivity index is 1.76. The van der Waals surface area contributed by atoms with E-state index >= 15 is 0 Å². The van der Waals surface area contributed by atoms with Gasteiger partial charge in [-0.15, -0.1) is 0 Å². The number of hydrogen-bond donors (Lipinski definition) is 0. The fourth-order valence-electron chi connectivity index (χ4n) is 2.89. The summed E-state index contributed by atoms with van der Waals surface area (Å²) >= 11 is 6.08. The molecule has 0 radical (unpaired) electrons. The molecule has 6 heteroatoms. The number of aryl methyl sites for hydroxylation is 4. The molecule has 2 heterocycles. The van der Waals surface area contributed by atoms with E-state index in [0.717, 1.165) is 33.9 Å². The summed E-state index contributed by atoms with van der Waals surface area (Å²) in [5.41, 5.74) is 5.65. The van der Waals surface area contributed by atoms with Gasteiger partial charge in [0.05, 0.1) is 17.1 Å². The van der Waals surface area contributed by atoms with Gasteiger partial charge in [0.25, 0.3) is 0 Å². The summed E-state index contributed by atoms with van der Waals surface area (Å²) in [5.74, 6) is 0.0828. The van der Waals surface area contributed by atoms with E-state index in [1.165, 1.54) is 0 Å². The van der Waals surface area contributed by atoms with Gasteiger partial charge in [-0.25, -0.2) is 9.50 Å². The maximum atomic E-state index is 12.2. The number of esters is 1. The quantitative estimate of drug-likeness (QED) is 0.519. The summed E-state index contributed by atoms with van der Waals surface area (Å²) in [4.78, 5) is 16.8. The molecule has 0 bridgehead atoms. The molecule has 0 amide bonds. The van der Waals surface area contributed by atoms with Gasteiger partial charge in [0.1, 0.15) is 5.75 Å². The molecule has 0 N–H and O–H groups in total. The molecule has 3 rings (SSSR count). The second-order valence-corrected chi connectivity index (χ2v) is 6.63. The van der Waals surface area contributed by atoms with Crippen LogP contribution in [0.5, 0.6) is 5.75 Å². The van der Waals surface area contributed by atoms with Crippen LogP contribution in [0.15, 0.2) is 24.3 Å². The highest BCUT2D eigenvalue weighted by Gasteiger charge is 2.14. The van der Waals surface area contributed by atoms with Gasteiger partial charge < -0.3 is 4.74 Å². The zero-order chi connectivity index (χ0) is 18.1. The highest BCUT2D eigenvalue weighted by molar-refractivity contribution is 6.32. The monoisotopic (exact) mass is 357 g/mol. The first-order valence-electron chi connectivity index (χ1n) is 8.14. The maximum Gasteiger partial charge on any atom is 0.311 e. The van der Waals surface area contributed by atoms with Crippen molar-refractivity contribution in [2.45, 2.75) is 40.5 Å². The Kier molecular flexibility index (Phi) is 4.77. The van der Waals surface area contributed by atoms with Crippen LogP contribution in [0.25, 0.3) is 5.65 Å². The molecule has 0 fully saturated rings. The van der Waals surface area contributed by atoms with Crippen LogP contribution in [0, 0.1) is 27.7 Å². The molecule has 0 spiro atoms. The number of ether oxygens (including phenoxy) is 1. The van der Waals surface area contributed by atoms with Crippen molar-refractivity contribution in [3.05, 3.63) is 57.5 Å². The molecule has 3 aromatic rings. The normalized spacial score (nSPS) is 11.1. The van der Waals surface area contributed by atoms with E-state index in [2.05, 4.69) is 10.1 Å². The third-order valence-corrected chi connectivity index (χ3v) is 4.49. The number of carbonyl (C=O) groups is 1. The highest BCUT2D eigenvalue weighted by Crippen LogP contribution is 2.26. The molecule has 0 saturated carbocycles. The number of aromatic nitrogens is 3. The number of fused-ring (bicyclic) bond motifs is 1. The van der Waals surface area contributed by atoms with E-state index in [9.17, 15) is 4.79 Å². The molecule has 0 atom stereocenters. The summed E-state index contributed by atoms with van der Waals surface area (Å²) in [5, 5.41) is 4.88. The van der Waals surface area contributed by atoms with Crippen molar-refractivity contribution in [1.82, 2.24) is 14.6 Å². The number of nitrogens with zero attached hydrogens (tertiary/aromatic N) is 3. The van der Waals surface area contributed by atoms with Crippen LogP contribution >= 0.6 is 11.6 Å².